The number of nitrogens with zero attached hydrogens (tertiary/aromatic N) is 2. The zero-order chi connectivity index (χ0) is 16.4. The van der Waals surface area contributed by atoms with Gasteiger partial charge in [0, 0.05) is 6.07 Å². The molecule has 0 aliphatic heterocycles. The molecule has 7 heteroatoms. The second kappa shape index (κ2) is 4.61. The van der Waals surface area contributed by atoms with Crippen LogP contribution in [0.3, 0.4) is 0 Å². The molecule has 3 aromatic heterocycles. The molecule has 5 aromatic rings. The minimum Gasteiger partial charge on any atom is -0.495 e. The number of hydrogen-bond acceptors (Lipinski definition) is 4. The van der Waals surface area contributed by atoms with E-state index in [1.165, 1.54) is 0 Å². The summed E-state index contributed by atoms with van der Waals surface area (Å²) in [6.07, 6.45) is 1.65. The van der Waals surface area contributed by atoms with E-state index in [4.69, 9.17) is 9.15 Å². The largest absolute Gasteiger partial charge is 0.495 e. The van der Waals surface area contributed by atoms with Gasteiger partial charge in [-0.1, -0.05) is 12.1 Å². The number of aromatic amines is 1. The standard InChI is InChI=1S/C17H10BrN3O3/c1-23-12-6-8-13-15-9(7-19-8)20-17(22)21(15)10-4-2-3-5-11(10)24-16(13)14(12)18/h2-7H,1H3,(H,20,22). The molecule has 0 amide bonds. The molecule has 3 heterocycles. The molecule has 0 spiro atoms. The van der Waals surface area contributed by atoms with Crippen molar-refractivity contribution in [2.45, 2.75) is 0 Å². The van der Waals surface area contributed by atoms with Crippen molar-refractivity contribution in [1.82, 2.24) is 14.4 Å². The quantitative estimate of drug-likeness (QED) is 0.477. The minimum absolute atomic E-state index is 0.227. The third kappa shape index (κ3) is 1.59. The number of methoxy groups -OCH3 is 1. The van der Waals surface area contributed by atoms with Crippen LogP contribution in [0.15, 0.2) is 50.2 Å². The van der Waals surface area contributed by atoms with Crippen LogP contribution in [0.1, 0.15) is 0 Å². The first-order valence-corrected chi connectivity index (χ1v) is 8.05. The molecule has 0 aliphatic carbocycles. The summed E-state index contributed by atoms with van der Waals surface area (Å²) in [6, 6.07) is 9.25. The Hall–Kier alpha value is -2.80. The molecular formula is C17H10BrN3O3. The fourth-order valence-electron chi connectivity index (χ4n) is 3.17. The molecule has 0 aliphatic rings. The van der Waals surface area contributed by atoms with E-state index >= 15 is 0 Å². The van der Waals surface area contributed by atoms with Crippen molar-refractivity contribution >= 4 is 54.5 Å². The number of hydrogen-bond donors (Lipinski definition) is 1. The maximum absolute atomic E-state index is 12.6. The average Bonchev–Trinajstić information content (AvgIpc) is 2.83. The molecular weight excluding hydrogens is 374 g/mol. The van der Waals surface area contributed by atoms with Gasteiger partial charge >= 0.3 is 5.69 Å². The van der Waals surface area contributed by atoms with Gasteiger partial charge in [-0.25, -0.2) is 4.79 Å². The number of para-hydroxylation sites is 2. The van der Waals surface area contributed by atoms with Crippen molar-refractivity contribution in [2.75, 3.05) is 7.11 Å². The predicted octanol–water partition coefficient (Wildman–Crippen LogP) is 3.85. The molecule has 0 unspecified atom stereocenters. The summed E-state index contributed by atoms with van der Waals surface area (Å²) in [5.41, 5.74) is 3.73. The van der Waals surface area contributed by atoms with E-state index in [9.17, 15) is 4.79 Å². The Kier molecular flexibility index (Phi) is 2.62. The second-order valence-electron chi connectivity index (χ2n) is 5.47. The van der Waals surface area contributed by atoms with Crippen molar-refractivity contribution in [3.63, 3.8) is 0 Å². The van der Waals surface area contributed by atoms with E-state index in [-0.39, 0.29) is 5.69 Å². The van der Waals surface area contributed by atoms with Crippen LogP contribution in [0.25, 0.3) is 38.6 Å². The first-order valence-electron chi connectivity index (χ1n) is 7.26. The van der Waals surface area contributed by atoms with Gasteiger partial charge in [0.05, 0.1) is 40.8 Å². The van der Waals surface area contributed by atoms with Crippen LogP contribution in [-0.2, 0) is 0 Å². The van der Waals surface area contributed by atoms with Crippen LogP contribution >= 0.6 is 15.9 Å². The lowest BCUT2D eigenvalue weighted by Crippen LogP contribution is -2.08. The van der Waals surface area contributed by atoms with Crippen molar-refractivity contribution in [3.8, 4) is 5.75 Å². The summed E-state index contributed by atoms with van der Waals surface area (Å²) in [5, 5.41) is 0.759. The Bertz CT molecular complexity index is 1330. The van der Waals surface area contributed by atoms with E-state index < -0.39 is 0 Å². The first kappa shape index (κ1) is 13.6. The SMILES string of the molecule is COc1cc2ncc3[nH]c(=O)n4c5ccccc5oc(c1Br)c2c34. The molecule has 0 fully saturated rings. The highest BCUT2D eigenvalue weighted by molar-refractivity contribution is 9.10. The van der Waals surface area contributed by atoms with Gasteiger partial charge in [-0.3, -0.25) is 9.38 Å². The lowest BCUT2D eigenvalue weighted by molar-refractivity contribution is 0.412. The van der Waals surface area contributed by atoms with Gasteiger partial charge in [-0.15, -0.1) is 0 Å². The fourth-order valence-corrected chi connectivity index (χ4v) is 3.72. The lowest BCUT2D eigenvalue weighted by atomic mass is 10.1. The summed E-state index contributed by atoms with van der Waals surface area (Å²) in [4.78, 5) is 19.9. The van der Waals surface area contributed by atoms with Crippen molar-refractivity contribution < 1.29 is 9.15 Å². The molecule has 118 valence electrons. The zero-order valence-corrected chi connectivity index (χ0v) is 14.0. The smallest absolute Gasteiger partial charge is 0.331 e. The maximum Gasteiger partial charge on any atom is 0.331 e. The second-order valence-corrected chi connectivity index (χ2v) is 6.26. The maximum atomic E-state index is 12.6. The number of ether oxygens (including phenoxy) is 1. The van der Waals surface area contributed by atoms with Gasteiger partial charge in [-0.2, -0.15) is 0 Å². The number of fused-ring (bicyclic) bond motifs is 2. The lowest BCUT2D eigenvalue weighted by Gasteiger charge is -2.07. The number of pyridine rings is 1. The van der Waals surface area contributed by atoms with Gasteiger partial charge in [0.15, 0.2) is 11.2 Å². The van der Waals surface area contributed by atoms with Crippen LogP contribution in [0, 0.1) is 0 Å². The third-order valence-electron chi connectivity index (χ3n) is 4.20. The van der Waals surface area contributed by atoms with E-state index in [2.05, 4.69) is 25.9 Å². The monoisotopic (exact) mass is 383 g/mol. The Morgan fingerprint density at radius 3 is 3.00 bits per heavy atom. The van der Waals surface area contributed by atoms with E-state index in [1.54, 1.807) is 17.7 Å². The van der Waals surface area contributed by atoms with Gasteiger partial charge in [-0.05, 0) is 28.1 Å². The summed E-state index contributed by atoms with van der Waals surface area (Å²) in [6.45, 7) is 0. The highest BCUT2D eigenvalue weighted by Gasteiger charge is 2.19. The van der Waals surface area contributed by atoms with Crippen LogP contribution in [0.5, 0.6) is 5.75 Å². The highest BCUT2D eigenvalue weighted by atomic mass is 79.9. The van der Waals surface area contributed by atoms with Gasteiger partial charge in [0.2, 0.25) is 0 Å². The van der Waals surface area contributed by atoms with Crippen molar-refractivity contribution in [2.24, 2.45) is 0 Å². The number of benzene rings is 2. The number of H-pyrrole nitrogens is 1. The molecule has 0 bridgehead atoms. The molecule has 0 radical (unpaired) electrons. The summed E-state index contributed by atoms with van der Waals surface area (Å²) in [5.74, 6) is 0.619. The Morgan fingerprint density at radius 2 is 2.17 bits per heavy atom. The topological polar surface area (TPSA) is 72.5 Å². The molecule has 24 heavy (non-hydrogen) atoms. The molecule has 2 aromatic carbocycles. The molecule has 0 saturated heterocycles. The molecule has 1 N–H and O–H groups in total. The Labute approximate surface area is 142 Å². The van der Waals surface area contributed by atoms with Gasteiger partial charge < -0.3 is 14.1 Å². The minimum atomic E-state index is -0.227. The number of halogens is 1. The predicted molar refractivity (Wildman–Crippen MR) is 94.8 cm³/mol. The number of imidazole rings is 1. The highest BCUT2D eigenvalue weighted by Crippen LogP contribution is 2.39. The molecule has 6 nitrogen and oxygen atoms in total. The van der Waals surface area contributed by atoms with E-state index in [1.807, 2.05) is 30.3 Å². The average molecular weight is 384 g/mol. The third-order valence-corrected chi connectivity index (χ3v) is 4.95. The van der Waals surface area contributed by atoms with E-state index in [0.717, 1.165) is 10.9 Å². The summed E-state index contributed by atoms with van der Waals surface area (Å²) < 4.78 is 13.9. The number of aromatic nitrogens is 3. The van der Waals surface area contributed by atoms with Crippen molar-refractivity contribution in [1.29, 1.82) is 0 Å². The van der Waals surface area contributed by atoms with Gasteiger partial charge in [0.25, 0.3) is 0 Å². The zero-order valence-electron chi connectivity index (χ0n) is 12.5. The molecule has 5 rings (SSSR count). The fraction of sp³-hybridized carbons (Fsp3) is 0.0588. The Balaban J connectivity index is 2.29. The van der Waals surface area contributed by atoms with Crippen LogP contribution in [-0.4, -0.2) is 21.5 Å². The van der Waals surface area contributed by atoms with Crippen LogP contribution < -0.4 is 10.4 Å². The first-order chi connectivity index (χ1) is 11.7. The number of rotatable bonds is 1. The van der Waals surface area contributed by atoms with Crippen LogP contribution in [0.4, 0.5) is 0 Å². The van der Waals surface area contributed by atoms with Gasteiger partial charge in [0.1, 0.15) is 10.2 Å². The van der Waals surface area contributed by atoms with E-state index in [0.29, 0.717) is 37.9 Å². The summed E-state index contributed by atoms with van der Waals surface area (Å²) >= 11 is 3.56. The Morgan fingerprint density at radius 1 is 1.33 bits per heavy atom. The summed E-state index contributed by atoms with van der Waals surface area (Å²) in [7, 11) is 1.59. The number of nitrogens with one attached hydrogen (secondary N) is 1. The van der Waals surface area contributed by atoms with Crippen molar-refractivity contribution in [3.05, 3.63) is 51.5 Å². The molecule has 0 atom stereocenters. The normalized spacial score (nSPS) is 11.9. The molecule has 0 saturated carbocycles. The van der Waals surface area contributed by atoms with Crippen LogP contribution in [0.2, 0.25) is 0 Å².